The van der Waals surface area contributed by atoms with E-state index in [1.165, 1.54) is 4.70 Å². The SMILES string of the molecule is NCCCNc1ccc2ncsc2c1. The van der Waals surface area contributed by atoms with Gasteiger partial charge in [0, 0.05) is 12.2 Å². The number of nitrogens with two attached hydrogens (primary N) is 1. The quantitative estimate of drug-likeness (QED) is 0.754. The molecule has 0 aliphatic heterocycles. The largest absolute Gasteiger partial charge is 0.385 e. The predicted octanol–water partition coefficient (Wildman–Crippen LogP) is 2.06. The summed E-state index contributed by atoms with van der Waals surface area (Å²) in [4.78, 5) is 4.23. The predicted molar refractivity (Wildman–Crippen MR) is 61.8 cm³/mol. The van der Waals surface area contributed by atoms with Gasteiger partial charge in [-0.3, -0.25) is 0 Å². The van der Waals surface area contributed by atoms with Crippen molar-refractivity contribution in [3.8, 4) is 0 Å². The van der Waals surface area contributed by atoms with E-state index >= 15 is 0 Å². The van der Waals surface area contributed by atoms with E-state index in [0.717, 1.165) is 30.7 Å². The van der Waals surface area contributed by atoms with E-state index in [0.29, 0.717) is 0 Å². The van der Waals surface area contributed by atoms with E-state index in [-0.39, 0.29) is 0 Å². The summed E-state index contributed by atoms with van der Waals surface area (Å²) in [5, 5.41) is 3.33. The fourth-order valence-corrected chi connectivity index (χ4v) is 2.02. The molecule has 0 radical (unpaired) electrons. The van der Waals surface area contributed by atoms with Gasteiger partial charge in [0.05, 0.1) is 15.7 Å². The number of fused-ring (bicyclic) bond motifs is 1. The van der Waals surface area contributed by atoms with E-state index in [1.807, 2.05) is 11.6 Å². The first-order valence-electron chi connectivity index (χ1n) is 4.67. The Hall–Kier alpha value is -1.13. The molecule has 3 N–H and O–H groups in total. The first-order chi connectivity index (χ1) is 6.90. The number of anilines is 1. The first kappa shape index (κ1) is 9.43. The Morgan fingerprint density at radius 3 is 3.21 bits per heavy atom. The summed E-state index contributed by atoms with van der Waals surface area (Å²) in [5.41, 5.74) is 9.51. The molecule has 74 valence electrons. The molecule has 0 aliphatic carbocycles. The molecule has 3 nitrogen and oxygen atoms in total. The molecule has 0 atom stereocenters. The Morgan fingerprint density at radius 1 is 1.43 bits per heavy atom. The smallest absolute Gasteiger partial charge is 0.0813 e. The van der Waals surface area contributed by atoms with Crippen molar-refractivity contribution in [1.29, 1.82) is 0 Å². The summed E-state index contributed by atoms with van der Waals surface area (Å²) in [6.45, 7) is 1.66. The van der Waals surface area contributed by atoms with Gasteiger partial charge in [-0.2, -0.15) is 0 Å². The lowest BCUT2D eigenvalue weighted by Crippen LogP contribution is -2.08. The molecule has 14 heavy (non-hydrogen) atoms. The molecule has 0 saturated heterocycles. The average molecular weight is 207 g/mol. The normalized spacial score (nSPS) is 10.6. The highest BCUT2D eigenvalue weighted by atomic mass is 32.1. The van der Waals surface area contributed by atoms with Crippen LogP contribution in [0.2, 0.25) is 0 Å². The molecule has 1 heterocycles. The lowest BCUT2D eigenvalue weighted by atomic mass is 10.3. The minimum Gasteiger partial charge on any atom is -0.385 e. The molecular weight excluding hydrogens is 194 g/mol. The van der Waals surface area contributed by atoms with Crippen LogP contribution in [0.4, 0.5) is 5.69 Å². The number of hydrogen-bond acceptors (Lipinski definition) is 4. The van der Waals surface area contributed by atoms with E-state index in [1.54, 1.807) is 11.3 Å². The van der Waals surface area contributed by atoms with Crippen LogP contribution in [0.1, 0.15) is 6.42 Å². The molecule has 2 aromatic rings. The summed E-state index contributed by atoms with van der Waals surface area (Å²) in [7, 11) is 0. The van der Waals surface area contributed by atoms with Crippen LogP contribution in [-0.4, -0.2) is 18.1 Å². The zero-order valence-corrected chi connectivity index (χ0v) is 8.68. The van der Waals surface area contributed by atoms with Crippen LogP contribution in [0.3, 0.4) is 0 Å². The number of nitrogens with one attached hydrogen (secondary N) is 1. The van der Waals surface area contributed by atoms with Crippen molar-refractivity contribution >= 4 is 27.2 Å². The number of aromatic nitrogens is 1. The average Bonchev–Trinajstić information content (AvgIpc) is 2.65. The maximum atomic E-state index is 5.42. The van der Waals surface area contributed by atoms with Crippen LogP contribution >= 0.6 is 11.3 Å². The molecule has 0 unspecified atom stereocenters. The van der Waals surface area contributed by atoms with Crippen LogP contribution in [0.5, 0.6) is 0 Å². The van der Waals surface area contributed by atoms with Gasteiger partial charge in [0.25, 0.3) is 0 Å². The number of hydrogen-bond donors (Lipinski definition) is 2. The first-order valence-corrected chi connectivity index (χ1v) is 5.55. The van der Waals surface area contributed by atoms with Gasteiger partial charge in [0.15, 0.2) is 0 Å². The van der Waals surface area contributed by atoms with Crippen molar-refractivity contribution < 1.29 is 0 Å². The third kappa shape index (κ3) is 2.02. The van der Waals surface area contributed by atoms with E-state index in [4.69, 9.17) is 5.73 Å². The fourth-order valence-electron chi connectivity index (χ4n) is 1.30. The van der Waals surface area contributed by atoms with Gasteiger partial charge >= 0.3 is 0 Å². The number of thiazole rings is 1. The molecular formula is C10H13N3S. The molecule has 0 spiro atoms. The van der Waals surface area contributed by atoms with Gasteiger partial charge < -0.3 is 11.1 Å². The van der Waals surface area contributed by atoms with Gasteiger partial charge in [-0.1, -0.05) is 0 Å². The second-order valence-electron chi connectivity index (χ2n) is 3.10. The zero-order chi connectivity index (χ0) is 9.80. The van der Waals surface area contributed by atoms with Crippen LogP contribution in [-0.2, 0) is 0 Å². The van der Waals surface area contributed by atoms with Crippen LogP contribution in [0.25, 0.3) is 10.2 Å². The monoisotopic (exact) mass is 207 g/mol. The highest BCUT2D eigenvalue weighted by Gasteiger charge is 1.97. The van der Waals surface area contributed by atoms with Crippen molar-refractivity contribution in [3.63, 3.8) is 0 Å². The van der Waals surface area contributed by atoms with Crippen molar-refractivity contribution in [3.05, 3.63) is 23.7 Å². The number of nitrogens with zero attached hydrogens (tertiary/aromatic N) is 1. The summed E-state index contributed by atoms with van der Waals surface area (Å²) < 4.78 is 1.22. The van der Waals surface area contributed by atoms with Crippen LogP contribution in [0, 0.1) is 0 Å². The van der Waals surface area contributed by atoms with Crippen molar-refractivity contribution in [1.82, 2.24) is 4.98 Å². The molecule has 0 amide bonds. The van der Waals surface area contributed by atoms with Crippen molar-refractivity contribution in [2.45, 2.75) is 6.42 Å². The summed E-state index contributed by atoms with van der Waals surface area (Å²) in [6.07, 6.45) is 1.00. The topological polar surface area (TPSA) is 50.9 Å². The molecule has 0 fully saturated rings. The van der Waals surface area contributed by atoms with Gasteiger partial charge in [0.2, 0.25) is 0 Å². The van der Waals surface area contributed by atoms with E-state index < -0.39 is 0 Å². The van der Waals surface area contributed by atoms with Crippen LogP contribution in [0.15, 0.2) is 23.7 Å². The Bertz CT molecular complexity index is 410. The Labute approximate surface area is 87.0 Å². The second-order valence-corrected chi connectivity index (χ2v) is 3.99. The lowest BCUT2D eigenvalue weighted by molar-refractivity contribution is 0.874. The highest BCUT2D eigenvalue weighted by molar-refractivity contribution is 7.16. The Morgan fingerprint density at radius 2 is 2.36 bits per heavy atom. The standard InChI is InChI=1S/C10H13N3S/c11-4-1-5-12-8-2-3-9-10(6-8)14-7-13-9/h2-3,6-7,12H,1,4-5,11H2. The molecule has 0 saturated carbocycles. The molecule has 0 aliphatic rings. The van der Waals surface area contributed by atoms with Crippen molar-refractivity contribution in [2.75, 3.05) is 18.4 Å². The second kappa shape index (κ2) is 4.39. The summed E-state index contributed by atoms with van der Waals surface area (Å²) in [5.74, 6) is 0. The molecule has 0 bridgehead atoms. The van der Waals surface area contributed by atoms with Gasteiger partial charge in [-0.15, -0.1) is 11.3 Å². The maximum Gasteiger partial charge on any atom is 0.0813 e. The zero-order valence-electron chi connectivity index (χ0n) is 7.86. The molecule has 1 aromatic heterocycles. The Balaban J connectivity index is 2.10. The number of benzene rings is 1. The molecule has 2 rings (SSSR count). The molecule has 1 aromatic carbocycles. The summed E-state index contributed by atoms with van der Waals surface area (Å²) >= 11 is 1.66. The maximum absolute atomic E-state index is 5.42. The third-order valence-corrected chi connectivity index (χ3v) is 2.83. The number of rotatable bonds is 4. The van der Waals surface area contributed by atoms with Gasteiger partial charge in [0.1, 0.15) is 0 Å². The Kier molecular flexibility index (Phi) is 2.96. The van der Waals surface area contributed by atoms with Crippen LogP contribution < -0.4 is 11.1 Å². The van der Waals surface area contributed by atoms with E-state index in [2.05, 4.69) is 22.4 Å². The minimum atomic E-state index is 0.732. The van der Waals surface area contributed by atoms with Gasteiger partial charge in [-0.25, -0.2) is 4.98 Å². The fraction of sp³-hybridized carbons (Fsp3) is 0.300. The lowest BCUT2D eigenvalue weighted by Gasteiger charge is -2.04. The van der Waals surface area contributed by atoms with Crippen molar-refractivity contribution in [2.24, 2.45) is 5.73 Å². The molecule has 4 heteroatoms. The minimum absolute atomic E-state index is 0.732. The summed E-state index contributed by atoms with van der Waals surface area (Å²) in [6, 6.07) is 6.22. The highest BCUT2D eigenvalue weighted by Crippen LogP contribution is 2.21. The third-order valence-electron chi connectivity index (χ3n) is 2.04. The van der Waals surface area contributed by atoms with Gasteiger partial charge in [-0.05, 0) is 31.2 Å². The van der Waals surface area contributed by atoms with E-state index in [9.17, 15) is 0 Å².